The van der Waals surface area contributed by atoms with Crippen molar-refractivity contribution in [3.05, 3.63) is 109 Å². The van der Waals surface area contributed by atoms with Crippen molar-refractivity contribution >= 4 is 43.4 Å². The zero-order valence-electron chi connectivity index (χ0n) is 18.7. The van der Waals surface area contributed by atoms with Crippen LogP contribution in [0.4, 0.5) is 0 Å². The van der Waals surface area contributed by atoms with Crippen molar-refractivity contribution in [2.45, 2.75) is 6.92 Å². The van der Waals surface area contributed by atoms with Gasteiger partial charge >= 0.3 is 0 Å². The molecule has 0 N–H and O–H groups in total. The Kier molecular flexibility index (Phi) is 3.36. The monoisotopic (exact) mass is 432 g/mol. The minimum Gasteiger partial charge on any atom is -0.309 e. The van der Waals surface area contributed by atoms with E-state index in [0.717, 1.165) is 5.69 Å². The van der Waals surface area contributed by atoms with Crippen molar-refractivity contribution in [3.8, 4) is 28.1 Å². The molecule has 2 heteroatoms. The Balaban J connectivity index is 1.56. The van der Waals surface area contributed by atoms with Crippen molar-refractivity contribution in [2.75, 3.05) is 0 Å². The SMILES string of the molecule is Cc1ccc2c(c1)c1cc3ccccc3cc1n2-c1ccc2c3c(cccc13)-c1ncccc1-2. The maximum Gasteiger partial charge on any atom is 0.0786 e. The lowest BCUT2D eigenvalue weighted by Crippen LogP contribution is -1.96. The van der Waals surface area contributed by atoms with Crippen molar-refractivity contribution in [1.82, 2.24) is 9.55 Å². The zero-order valence-corrected chi connectivity index (χ0v) is 18.7. The molecule has 0 amide bonds. The number of hydrogen-bond donors (Lipinski definition) is 0. The summed E-state index contributed by atoms with van der Waals surface area (Å²) in [5.41, 5.74) is 9.80. The first-order chi connectivity index (χ1) is 16.8. The zero-order chi connectivity index (χ0) is 22.4. The molecule has 0 unspecified atom stereocenters. The van der Waals surface area contributed by atoms with E-state index >= 15 is 0 Å². The molecule has 0 bridgehead atoms. The van der Waals surface area contributed by atoms with Crippen LogP contribution < -0.4 is 0 Å². The minimum absolute atomic E-state index is 1.09. The van der Waals surface area contributed by atoms with E-state index in [-0.39, 0.29) is 0 Å². The largest absolute Gasteiger partial charge is 0.309 e. The highest BCUT2D eigenvalue weighted by molar-refractivity contribution is 6.19. The Morgan fingerprint density at radius 1 is 0.588 bits per heavy atom. The third kappa shape index (κ3) is 2.22. The molecule has 2 aromatic heterocycles. The topological polar surface area (TPSA) is 17.8 Å². The highest BCUT2D eigenvalue weighted by Gasteiger charge is 2.24. The Bertz CT molecular complexity index is 1940. The quantitative estimate of drug-likeness (QED) is 0.254. The molecule has 0 atom stereocenters. The van der Waals surface area contributed by atoms with Crippen LogP contribution in [0.2, 0.25) is 0 Å². The number of aromatic nitrogens is 2. The maximum atomic E-state index is 4.73. The molecule has 34 heavy (non-hydrogen) atoms. The molecule has 0 saturated heterocycles. The molecular formula is C32H20N2. The molecule has 1 aliphatic rings. The van der Waals surface area contributed by atoms with Crippen LogP contribution in [0.5, 0.6) is 0 Å². The van der Waals surface area contributed by atoms with E-state index in [1.165, 1.54) is 71.3 Å². The van der Waals surface area contributed by atoms with Gasteiger partial charge in [0.2, 0.25) is 0 Å². The average molecular weight is 433 g/mol. The number of benzene rings is 5. The summed E-state index contributed by atoms with van der Waals surface area (Å²) < 4.78 is 2.45. The van der Waals surface area contributed by atoms with Gasteiger partial charge in [0.15, 0.2) is 0 Å². The highest BCUT2D eigenvalue weighted by Crippen LogP contribution is 2.48. The Morgan fingerprint density at radius 3 is 2.32 bits per heavy atom. The molecule has 0 fully saturated rings. The van der Waals surface area contributed by atoms with Crippen LogP contribution in [-0.4, -0.2) is 9.55 Å². The molecular weight excluding hydrogens is 412 g/mol. The third-order valence-electron chi connectivity index (χ3n) is 7.40. The highest BCUT2D eigenvalue weighted by atomic mass is 15.0. The van der Waals surface area contributed by atoms with Crippen LogP contribution in [0.25, 0.3) is 71.4 Å². The average Bonchev–Trinajstić information content (AvgIpc) is 3.37. The van der Waals surface area contributed by atoms with Crippen LogP contribution in [0.3, 0.4) is 0 Å². The van der Waals surface area contributed by atoms with E-state index in [1.807, 2.05) is 12.3 Å². The van der Waals surface area contributed by atoms with Gasteiger partial charge in [0.05, 0.1) is 22.4 Å². The van der Waals surface area contributed by atoms with Gasteiger partial charge in [-0.05, 0) is 59.7 Å². The second-order valence-corrected chi connectivity index (χ2v) is 9.33. The molecule has 0 aliphatic heterocycles. The molecule has 158 valence electrons. The summed E-state index contributed by atoms with van der Waals surface area (Å²) in [4.78, 5) is 4.73. The van der Waals surface area contributed by atoms with Gasteiger partial charge in [0.25, 0.3) is 0 Å². The van der Waals surface area contributed by atoms with Crippen molar-refractivity contribution in [3.63, 3.8) is 0 Å². The molecule has 2 nitrogen and oxygen atoms in total. The molecule has 2 heterocycles. The Labute approximate surface area is 196 Å². The first kappa shape index (κ1) is 18.0. The molecule has 0 saturated carbocycles. The van der Waals surface area contributed by atoms with E-state index in [0.29, 0.717) is 0 Å². The third-order valence-corrected chi connectivity index (χ3v) is 7.40. The van der Waals surface area contributed by atoms with E-state index in [4.69, 9.17) is 4.98 Å². The predicted octanol–water partition coefficient (Wildman–Crippen LogP) is 8.44. The van der Waals surface area contributed by atoms with Crippen LogP contribution >= 0.6 is 0 Å². The molecule has 5 aromatic carbocycles. The summed E-state index contributed by atoms with van der Waals surface area (Å²) in [7, 11) is 0. The normalized spacial score (nSPS) is 12.3. The molecule has 0 radical (unpaired) electrons. The lowest BCUT2D eigenvalue weighted by Gasteiger charge is -2.13. The molecule has 0 spiro atoms. The summed E-state index contributed by atoms with van der Waals surface area (Å²) >= 11 is 0. The van der Waals surface area contributed by atoms with Crippen LogP contribution in [-0.2, 0) is 0 Å². The van der Waals surface area contributed by atoms with Gasteiger partial charge in [0, 0.05) is 38.9 Å². The van der Waals surface area contributed by atoms with Gasteiger partial charge in [-0.2, -0.15) is 0 Å². The van der Waals surface area contributed by atoms with E-state index in [2.05, 4.69) is 102 Å². The molecule has 1 aliphatic carbocycles. The summed E-state index contributed by atoms with van der Waals surface area (Å²) in [6.07, 6.45) is 1.89. The second-order valence-electron chi connectivity index (χ2n) is 9.33. The number of pyridine rings is 1. The predicted molar refractivity (Wildman–Crippen MR) is 143 cm³/mol. The summed E-state index contributed by atoms with van der Waals surface area (Å²) in [5.74, 6) is 0. The number of hydrogen-bond acceptors (Lipinski definition) is 1. The standard InChI is InChI=1S/C32H20N2/c1-19-11-13-29-26(16-19)27-17-20-6-2-3-7-21(20)18-30(27)34(29)28-14-12-22-23-10-5-15-33-32(23)25-9-4-8-24(28)31(22)25/h2-18H,1H3. The van der Waals surface area contributed by atoms with Crippen molar-refractivity contribution in [1.29, 1.82) is 0 Å². The number of nitrogens with zero attached hydrogens (tertiary/aromatic N) is 2. The fourth-order valence-electron chi connectivity index (χ4n) is 5.92. The van der Waals surface area contributed by atoms with E-state index < -0.39 is 0 Å². The molecule has 8 rings (SSSR count). The minimum atomic E-state index is 1.09. The summed E-state index contributed by atoms with van der Waals surface area (Å²) in [6, 6.07) is 35.6. The van der Waals surface area contributed by atoms with E-state index in [9.17, 15) is 0 Å². The molecule has 7 aromatic rings. The van der Waals surface area contributed by atoms with Gasteiger partial charge in [0.1, 0.15) is 0 Å². The van der Waals surface area contributed by atoms with Crippen molar-refractivity contribution in [2.24, 2.45) is 0 Å². The van der Waals surface area contributed by atoms with Gasteiger partial charge in [-0.15, -0.1) is 0 Å². The van der Waals surface area contributed by atoms with Gasteiger partial charge in [-0.25, -0.2) is 0 Å². The fourth-order valence-corrected chi connectivity index (χ4v) is 5.92. The van der Waals surface area contributed by atoms with Gasteiger partial charge in [-0.1, -0.05) is 66.2 Å². The fraction of sp³-hybridized carbons (Fsp3) is 0.0312. The van der Waals surface area contributed by atoms with Crippen LogP contribution in [0.15, 0.2) is 103 Å². The maximum absolute atomic E-state index is 4.73. The van der Waals surface area contributed by atoms with Gasteiger partial charge < -0.3 is 4.57 Å². The summed E-state index contributed by atoms with van der Waals surface area (Å²) in [5, 5.41) is 7.70. The lowest BCUT2D eigenvalue weighted by atomic mass is 10.0. The Morgan fingerprint density at radius 2 is 1.41 bits per heavy atom. The number of fused-ring (bicyclic) bond motifs is 7. The number of aryl methyl sites for hydroxylation is 1. The number of rotatable bonds is 1. The Hall–Kier alpha value is -4.43. The van der Waals surface area contributed by atoms with E-state index in [1.54, 1.807) is 0 Å². The second kappa shape index (κ2) is 6.33. The van der Waals surface area contributed by atoms with Crippen LogP contribution in [0, 0.1) is 6.92 Å². The smallest absolute Gasteiger partial charge is 0.0786 e. The van der Waals surface area contributed by atoms with Gasteiger partial charge in [-0.3, -0.25) is 4.98 Å². The van der Waals surface area contributed by atoms with Crippen LogP contribution in [0.1, 0.15) is 5.56 Å². The van der Waals surface area contributed by atoms with Crippen molar-refractivity contribution < 1.29 is 0 Å². The first-order valence-electron chi connectivity index (χ1n) is 11.7. The lowest BCUT2D eigenvalue weighted by molar-refractivity contribution is 1.20. The summed E-state index contributed by atoms with van der Waals surface area (Å²) in [6.45, 7) is 2.17. The first-order valence-corrected chi connectivity index (χ1v) is 11.7.